The van der Waals surface area contributed by atoms with Crippen LogP contribution in [0.2, 0.25) is 0 Å². The van der Waals surface area contributed by atoms with Crippen molar-refractivity contribution in [3.8, 4) is 11.5 Å². The summed E-state index contributed by atoms with van der Waals surface area (Å²) in [5.74, 6) is 1.71. The molecule has 1 N–H and O–H groups in total. The Morgan fingerprint density at radius 2 is 2.05 bits per heavy atom. The summed E-state index contributed by atoms with van der Waals surface area (Å²) in [6.45, 7) is 1.86. The van der Waals surface area contributed by atoms with Gasteiger partial charge in [-0.3, -0.25) is 4.79 Å². The molecule has 2 rings (SSSR count). The summed E-state index contributed by atoms with van der Waals surface area (Å²) in [5, 5.41) is 2.83. The number of nitrogens with one attached hydrogen (secondary N) is 1. The van der Waals surface area contributed by atoms with E-state index in [1.807, 2.05) is 25.1 Å². The Bertz CT molecular complexity index is 647. The molecule has 0 aliphatic heterocycles. The molecule has 5 nitrogen and oxygen atoms in total. The van der Waals surface area contributed by atoms with E-state index in [4.69, 9.17) is 13.9 Å². The van der Waals surface area contributed by atoms with Gasteiger partial charge in [-0.25, -0.2) is 0 Å². The maximum absolute atomic E-state index is 12.0. The van der Waals surface area contributed by atoms with E-state index in [0.29, 0.717) is 17.3 Å². The largest absolute Gasteiger partial charge is 0.493 e. The third-order valence-electron chi connectivity index (χ3n) is 3.18. The van der Waals surface area contributed by atoms with Crippen LogP contribution in [0.3, 0.4) is 0 Å². The standard InChI is InChI=1S/C17H19NO4/c1-12(14-8-5-11-22-14)18-16(19)10-9-13-6-4-7-15(20-2)17(13)21-3/h4-12H,1-3H3,(H,18,19)/b10-9+/t12-/m0/s1. The molecule has 0 bridgehead atoms. The molecule has 116 valence electrons. The lowest BCUT2D eigenvalue weighted by molar-refractivity contribution is -0.117. The van der Waals surface area contributed by atoms with Gasteiger partial charge in [-0.1, -0.05) is 12.1 Å². The van der Waals surface area contributed by atoms with Crippen LogP contribution in [-0.4, -0.2) is 20.1 Å². The van der Waals surface area contributed by atoms with Gasteiger partial charge in [0.15, 0.2) is 11.5 Å². The fourth-order valence-corrected chi connectivity index (χ4v) is 2.08. The second-order valence-corrected chi connectivity index (χ2v) is 4.66. The van der Waals surface area contributed by atoms with E-state index < -0.39 is 0 Å². The van der Waals surface area contributed by atoms with Gasteiger partial charge in [-0.2, -0.15) is 0 Å². The molecule has 5 heteroatoms. The van der Waals surface area contributed by atoms with Crippen LogP contribution in [0.25, 0.3) is 6.08 Å². The fraction of sp³-hybridized carbons (Fsp3) is 0.235. The third-order valence-corrected chi connectivity index (χ3v) is 3.18. The number of ether oxygens (including phenoxy) is 2. The number of para-hydroxylation sites is 1. The Morgan fingerprint density at radius 3 is 2.68 bits per heavy atom. The Kier molecular flexibility index (Phi) is 5.25. The summed E-state index contributed by atoms with van der Waals surface area (Å²) in [5.41, 5.74) is 0.766. The highest BCUT2D eigenvalue weighted by atomic mass is 16.5. The summed E-state index contributed by atoms with van der Waals surface area (Å²) >= 11 is 0. The Labute approximate surface area is 129 Å². The van der Waals surface area contributed by atoms with E-state index in [1.165, 1.54) is 6.08 Å². The second-order valence-electron chi connectivity index (χ2n) is 4.66. The van der Waals surface area contributed by atoms with Gasteiger partial charge in [-0.05, 0) is 31.2 Å². The van der Waals surface area contributed by atoms with Crippen LogP contribution in [0, 0.1) is 0 Å². The van der Waals surface area contributed by atoms with Crippen LogP contribution >= 0.6 is 0 Å². The van der Waals surface area contributed by atoms with Gasteiger partial charge < -0.3 is 19.2 Å². The molecule has 1 atom stereocenters. The quantitative estimate of drug-likeness (QED) is 0.832. The monoisotopic (exact) mass is 301 g/mol. The number of furan rings is 1. The zero-order chi connectivity index (χ0) is 15.9. The minimum atomic E-state index is -0.214. The lowest BCUT2D eigenvalue weighted by Gasteiger charge is -2.11. The number of benzene rings is 1. The molecule has 0 aliphatic carbocycles. The topological polar surface area (TPSA) is 60.7 Å². The first-order valence-corrected chi connectivity index (χ1v) is 6.88. The fourth-order valence-electron chi connectivity index (χ4n) is 2.08. The Hall–Kier alpha value is -2.69. The van der Waals surface area contributed by atoms with Gasteiger partial charge >= 0.3 is 0 Å². The van der Waals surface area contributed by atoms with E-state index in [9.17, 15) is 4.79 Å². The zero-order valence-electron chi connectivity index (χ0n) is 12.8. The van der Waals surface area contributed by atoms with E-state index in [-0.39, 0.29) is 11.9 Å². The van der Waals surface area contributed by atoms with Crippen LogP contribution < -0.4 is 14.8 Å². The van der Waals surface area contributed by atoms with E-state index in [0.717, 1.165) is 5.56 Å². The lowest BCUT2D eigenvalue weighted by Crippen LogP contribution is -2.24. The van der Waals surface area contributed by atoms with E-state index >= 15 is 0 Å². The van der Waals surface area contributed by atoms with Gasteiger partial charge in [0.1, 0.15) is 5.76 Å². The lowest BCUT2D eigenvalue weighted by atomic mass is 10.1. The van der Waals surface area contributed by atoms with E-state index in [2.05, 4.69) is 5.32 Å². The van der Waals surface area contributed by atoms with Gasteiger partial charge in [-0.15, -0.1) is 0 Å². The number of rotatable bonds is 6. The highest BCUT2D eigenvalue weighted by Gasteiger charge is 2.10. The van der Waals surface area contributed by atoms with Crippen LogP contribution in [0.5, 0.6) is 11.5 Å². The number of hydrogen-bond donors (Lipinski definition) is 1. The number of methoxy groups -OCH3 is 2. The first kappa shape index (κ1) is 15.7. The average molecular weight is 301 g/mol. The average Bonchev–Trinajstić information content (AvgIpc) is 3.06. The molecule has 0 saturated heterocycles. The molecule has 1 aromatic heterocycles. The molecule has 0 radical (unpaired) electrons. The molecular weight excluding hydrogens is 282 g/mol. The summed E-state index contributed by atoms with van der Waals surface area (Å²) in [4.78, 5) is 12.0. The molecule has 1 amide bonds. The van der Waals surface area contributed by atoms with Crippen molar-refractivity contribution in [2.45, 2.75) is 13.0 Å². The SMILES string of the molecule is COc1cccc(/C=C/C(=O)N[C@@H](C)c2ccco2)c1OC. The maximum Gasteiger partial charge on any atom is 0.244 e. The minimum Gasteiger partial charge on any atom is -0.493 e. The van der Waals surface area contributed by atoms with Crippen LogP contribution in [0.4, 0.5) is 0 Å². The van der Waals surface area contributed by atoms with Crippen LogP contribution in [0.15, 0.2) is 47.1 Å². The highest BCUT2D eigenvalue weighted by molar-refractivity contribution is 5.92. The summed E-state index contributed by atoms with van der Waals surface area (Å²) in [7, 11) is 3.14. The number of hydrogen-bond acceptors (Lipinski definition) is 4. The summed E-state index contributed by atoms with van der Waals surface area (Å²) < 4.78 is 15.8. The normalized spacial score (nSPS) is 12.1. The highest BCUT2D eigenvalue weighted by Crippen LogP contribution is 2.31. The second kappa shape index (κ2) is 7.36. The molecule has 1 heterocycles. The molecule has 22 heavy (non-hydrogen) atoms. The molecule has 0 unspecified atom stereocenters. The van der Waals surface area contributed by atoms with Crippen molar-refractivity contribution in [1.29, 1.82) is 0 Å². The van der Waals surface area contributed by atoms with Gasteiger partial charge in [0, 0.05) is 11.6 Å². The number of carbonyl (C=O) groups is 1. The van der Waals surface area contributed by atoms with Crippen molar-refractivity contribution in [1.82, 2.24) is 5.32 Å². The maximum atomic E-state index is 12.0. The van der Waals surface area contributed by atoms with Crippen molar-refractivity contribution in [3.05, 3.63) is 54.0 Å². The Morgan fingerprint density at radius 1 is 1.23 bits per heavy atom. The molecule has 0 spiro atoms. The predicted octanol–water partition coefficient (Wildman–Crippen LogP) is 3.19. The minimum absolute atomic E-state index is 0.195. The van der Waals surface area contributed by atoms with Crippen molar-refractivity contribution < 1.29 is 18.7 Å². The molecule has 0 aliphatic rings. The number of amides is 1. The molecular formula is C17H19NO4. The Balaban J connectivity index is 2.07. The summed E-state index contributed by atoms with van der Waals surface area (Å²) in [6.07, 6.45) is 4.72. The van der Waals surface area contributed by atoms with Crippen molar-refractivity contribution in [3.63, 3.8) is 0 Å². The zero-order valence-corrected chi connectivity index (χ0v) is 12.8. The van der Waals surface area contributed by atoms with Gasteiger partial charge in [0.05, 0.1) is 26.5 Å². The first-order chi connectivity index (χ1) is 10.7. The van der Waals surface area contributed by atoms with Crippen molar-refractivity contribution in [2.75, 3.05) is 14.2 Å². The van der Waals surface area contributed by atoms with E-state index in [1.54, 1.807) is 38.7 Å². The van der Waals surface area contributed by atoms with Gasteiger partial charge in [0.2, 0.25) is 5.91 Å². The predicted molar refractivity (Wildman–Crippen MR) is 83.8 cm³/mol. The van der Waals surface area contributed by atoms with Crippen molar-refractivity contribution >= 4 is 12.0 Å². The smallest absolute Gasteiger partial charge is 0.244 e. The molecule has 0 fully saturated rings. The van der Waals surface area contributed by atoms with Crippen LogP contribution in [-0.2, 0) is 4.79 Å². The molecule has 0 saturated carbocycles. The van der Waals surface area contributed by atoms with Crippen molar-refractivity contribution in [2.24, 2.45) is 0 Å². The molecule has 1 aromatic carbocycles. The molecule has 2 aromatic rings. The van der Waals surface area contributed by atoms with Crippen LogP contribution in [0.1, 0.15) is 24.3 Å². The summed E-state index contributed by atoms with van der Waals surface area (Å²) in [6, 6.07) is 8.90. The van der Waals surface area contributed by atoms with Gasteiger partial charge in [0.25, 0.3) is 0 Å². The first-order valence-electron chi connectivity index (χ1n) is 6.88. The number of carbonyl (C=O) groups excluding carboxylic acids is 1. The third kappa shape index (κ3) is 3.69.